The highest BCUT2D eigenvalue weighted by Crippen LogP contribution is 2.45. The summed E-state index contributed by atoms with van der Waals surface area (Å²) in [5, 5.41) is 2.85. The predicted octanol–water partition coefficient (Wildman–Crippen LogP) is 3.77. The van der Waals surface area contributed by atoms with E-state index in [0.717, 1.165) is 50.5 Å². The summed E-state index contributed by atoms with van der Waals surface area (Å²) in [4.78, 5) is 41.6. The molecule has 2 fully saturated rings. The van der Waals surface area contributed by atoms with Crippen LogP contribution in [0, 0.1) is 11.8 Å². The van der Waals surface area contributed by atoms with Crippen LogP contribution in [0.4, 0.5) is 0 Å². The summed E-state index contributed by atoms with van der Waals surface area (Å²) >= 11 is 0. The third-order valence-electron chi connectivity index (χ3n) is 7.89. The number of likely N-dealkylation sites (tertiary alicyclic amines) is 1. The normalized spacial score (nSPS) is 19.9. The zero-order valence-electron chi connectivity index (χ0n) is 23.6. The zero-order valence-corrected chi connectivity index (χ0v) is 23.6. The van der Waals surface area contributed by atoms with Crippen molar-refractivity contribution >= 4 is 17.7 Å². The fourth-order valence-electron chi connectivity index (χ4n) is 6.00. The molecule has 9 nitrogen and oxygen atoms in total. The number of amides is 3. The van der Waals surface area contributed by atoms with Crippen molar-refractivity contribution in [3.63, 3.8) is 0 Å². The van der Waals surface area contributed by atoms with Gasteiger partial charge < -0.3 is 30.2 Å². The van der Waals surface area contributed by atoms with Gasteiger partial charge in [-0.25, -0.2) is 0 Å². The van der Waals surface area contributed by atoms with E-state index in [-0.39, 0.29) is 23.7 Å². The highest BCUT2D eigenvalue weighted by Gasteiger charge is 2.40. The average Bonchev–Trinajstić information content (AvgIpc) is 2.92. The molecule has 0 radical (unpaired) electrons. The van der Waals surface area contributed by atoms with Crippen LogP contribution >= 0.6 is 0 Å². The topological polar surface area (TPSA) is 120 Å². The van der Waals surface area contributed by atoms with Crippen molar-refractivity contribution in [2.45, 2.75) is 89.6 Å². The summed E-state index contributed by atoms with van der Waals surface area (Å²) in [6.45, 7) is 4.45. The van der Waals surface area contributed by atoms with Gasteiger partial charge in [0.2, 0.25) is 23.5 Å². The molecule has 212 valence electrons. The summed E-state index contributed by atoms with van der Waals surface area (Å²) in [6, 6.07) is 2.33. The molecule has 3 rings (SSSR count). The van der Waals surface area contributed by atoms with E-state index in [9.17, 15) is 14.4 Å². The number of methoxy groups -OCH3 is 3. The molecule has 0 aromatic heterocycles. The molecule has 1 heterocycles. The van der Waals surface area contributed by atoms with E-state index in [2.05, 4.69) is 5.32 Å². The number of carbonyl (C=O) groups is 3. The van der Waals surface area contributed by atoms with E-state index < -0.39 is 23.9 Å². The Labute approximate surface area is 226 Å². The van der Waals surface area contributed by atoms with Crippen LogP contribution in [0.25, 0.3) is 0 Å². The highest BCUT2D eigenvalue weighted by molar-refractivity contribution is 5.93. The van der Waals surface area contributed by atoms with Gasteiger partial charge in [-0.1, -0.05) is 33.1 Å². The minimum absolute atomic E-state index is 0.0643. The van der Waals surface area contributed by atoms with E-state index in [1.54, 1.807) is 26.2 Å². The Kier molecular flexibility index (Phi) is 10.7. The lowest BCUT2D eigenvalue weighted by Gasteiger charge is -2.40. The predicted molar refractivity (Wildman–Crippen MR) is 145 cm³/mol. The van der Waals surface area contributed by atoms with Crippen molar-refractivity contribution < 1.29 is 28.6 Å². The lowest BCUT2D eigenvalue weighted by Crippen LogP contribution is -2.57. The summed E-state index contributed by atoms with van der Waals surface area (Å²) < 4.78 is 16.7. The molecule has 3 unspecified atom stereocenters. The van der Waals surface area contributed by atoms with Crippen molar-refractivity contribution in [1.82, 2.24) is 10.2 Å². The Morgan fingerprint density at radius 1 is 0.947 bits per heavy atom. The second kappa shape index (κ2) is 13.7. The van der Waals surface area contributed by atoms with Gasteiger partial charge in [0.1, 0.15) is 12.1 Å². The van der Waals surface area contributed by atoms with E-state index in [1.165, 1.54) is 0 Å². The first-order valence-electron chi connectivity index (χ1n) is 13.9. The van der Waals surface area contributed by atoms with Crippen LogP contribution in [-0.4, -0.2) is 62.6 Å². The van der Waals surface area contributed by atoms with Crippen LogP contribution in [0.15, 0.2) is 12.1 Å². The first-order valence-corrected chi connectivity index (χ1v) is 13.9. The van der Waals surface area contributed by atoms with Gasteiger partial charge in [-0.05, 0) is 68.1 Å². The highest BCUT2D eigenvalue weighted by atomic mass is 16.5. The van der Waals surface area contributed by atoms with Gasteiger partial charge in [0.05, 0.1) is 27.2 Å². The Hall–Kier alpha value is -2.97. The summed E-state index contributed by atoms with van der Waals surface area (Å²) in [6.07, 6.45) is 7.85. The fraction of sp³-hybridized carbons (Fsp3) is 0.690. The van der Waals surface area contributed by atoms with Gasteiger partial charge >= 0.3 is 0 Å². The summed E-state index contributed by atoms with van der Waals surface area (Å²) in [5.41, 5.74) is 6.39. The molecule has 1 aromatic rings. The van der Waals surface area contributed by atoms with Crippen molar-refractivity contribution in [2.75, 3.05) is 27.9 Å². The minimum Gasteiger partial charge on any atom is -0.493 e. The number of nitrogens with two attached hydrogens (primary N) is 1. The van der Waals surface area contributed by atoms with E-state index >= 15 is 0 Å². The number of hydrogen-bond donors (Lipinski definition) is 2. The molecular formula is C29H45N3O6. The zero-order chi connectivity index (χ0) is 27.8. The molecule has 2 aliphatic rings. The maximum Gasteiger partial charge on any atom is 0.243 e. The van der Waals surface area contributed by atoms with Crippen LogP contribution in [-0.2, 0) is 14.4 Å². The number of nitrogens with zero attached hydrogens (tertiary/aromatic N) is 1. The van der Waals surface area contributed by atoms with Crippen molar-refractivity contribution in [3.8, 4) is 17.2 Å². The van der Waals surface area contributed by atoms with E-state index in [0.29, 0.717) is 36.6 Å². The van der Waals surface area contributed by atoms with Crippen LogP contribution in [0.1, 0.15) is 83.1 Å². The number of primary amides is 1. The number of rotatable bonds is 11. The quantitative estimate of drug-likeness (QED) is 0.449. The SMILES string of the molecule is COc1cc(C(C(=O)N2CCCCC2C(=O)NC(CC(C)C)C(N)=O)C2CCCCC2)cc(OC)c1OC. The van der Waals surface area contributed by atoms with Crippen LogP contribution in [0.5, 0.6) is 17.2 Å². The number of ether oxygens (including phenoxy) is 3. The molecule has 1 aliphatic heterocycles. The molecule has 3 atom stereocenters. The van der Waals surface area contributed by atoms with Crippen LogP contribution < -0.4 is 25.3 Å². The minimum atomic E-state index is -0.759. The van der Waals surface area contributed by atoms with E-state index in [1.807, 2.05) is 26.0 Å². The molecule has 0 spiro atoms. The molecule has 3 amide bonds. The van der Waals surface area contributed by atoms with Crippen molar-refractivity contribution in [2.24, 2.45) is 17.6 Å². The Bertz CT molecular complexity index is 950. The molecule has 9 heteroatoms. The number of nitrogens with one attached hydrogen (secondary N) is 1. The van der Waals surface area contributed by atoms with Gasteiger partial charge in [-0.2, -0.15) is 0 Å². The summed E-state index contributed by atoms with van der Waals surface area (Å²) in [7, 11) is 4.69. The monoisotopic (exact) mass is 531 g/mol. The Morgan fingerprint density at radius 3 is 2.08 bits per heavy atom. The van der Waals surface area contributed by atoms with Gasteiger partial charge in [-0.3, -0.25) is 14.4 Å². The average molecular weight is 532 g/mol. The first-order chi connectivity index (χ1) is 18.2. The number of piperidine rings is 1. The molecule has 1 aliphatic carbocycles. The summed E-state index contributed by atoms with van der Waals surface area (Å²) in [5.74, 6) is 0.435. The molecule has 1 saturated heterocycles. The number of benzene rings is 1. The van der Waals surface area contributed by atoms with Crippen molar-refractivity contribution in [3.05, 3.63) is 17.7 Å². The van der Waals surface area contributed by atoms with Crippen LogP contribution in [0.3, 0.4) is 0 Å². The second-order valence-electron chi connectivity index (χ2n) is 11.0. The standard InChI is InChI=1S/C29H45N3O6/c1-18(2)15-21(27(30)33)31-28(34)22-13-9-10-14-32(22)29(35)25(19-11-7-6-8-12-19)20-16-23(36-3)26(38-5)24(17-20)37-4/h16-19,21-22,25H,6-15H2,1-5H3,(H2,30,33)(H,31,34). The largest absolute Gasteiger partial charge is 0.493 e. The molecule has 1 aromatic carbocycles. The van der Waals surface area contributed by atoms with Crippen molar-refractivity contribution in [1.29, 1.82) is 0 Å². The van der Waals surface area contributed by atoms with Crippen LogP contribution in [0.2, 0.25) is 0 Å². The molecule has 1 saturated carbocycles. The fourth-order valence-corrected chi connectivity index (χ4v) is 6.00. The van der Waals surface area contributed by atoms with E-state index in [4.69, 9.17) is 19.9 Å². The lowest BCUT2D eigenvalue weighted by atomic mass is 9.75. The molecule has 3 N–H and O–H groups in total. The number of carbonyl (C=O) groups excluding carboxylic acids is 3. The smallest absolute Gasteiger partial charge is 0.243 e. The molecule has 0 bridgehead atoms. The third kappa shape index (κ3) is 6.91. The lowest BCUT2D eigenvalue weighted by molar-refractivity contribution is -0.145. The third-order valence-corrected chi connectivity index (χ3v) is 7.89. The van der Waals surface area contributed by atoms with Gasteiger partial charge in [0.15, 0.2) is 11.5 Å². The van der Waals surface area contributed by atoms with Gasteiger partial charge in [0.25, 0.3) is 0 Å². The van der Waals surface area contributed by atoms with Gasteiger partial charge in [-0.15, -0.1) is 0 Å². The maximum atomic E-state index is 14.4. The number of hydrogen-bond acceptors (Lipinski definition) is 6. The second-order valence-corrected chi connectivity index (χ2v) is 11.0. The first kappa shape index (κ1) is 29.6. The maximum absolute atomic E-state index is 14.4. The van der Waals surface area contributed by atoms with Gasteiger partial charge in [0, 0.05) is 6.54 Å². The molecule has 38 heavy (non-hydrogen) atoms. The molecular weight excluding hydrogens is 486 g/mol. The Morgan fingerprint density at radius 2 is 1.55 bits per heavy atom. The Balaban J connectivity index is 1.97.